The number of urea groups is 1. The van der Waals surface area contributed by atoms with E-state index in [1.165, 1.54) is 0 Å². The average molecular weight is 401 g/mol. The summed E-state index contributed by atoms with van der Waals surface area (Å²) < 4.78 is 2.21. The summed E-state index contributed by atoms with van der Waals surface area (Å²) in [5, 5.41) is 6.95. The van der Waals surface area contributed by atoms with Crippen molar-refractivity contribution < 1.29 is 14.4 Å². The van der Waals surface area contributed by atoms with Gasteiger partial charge in [0.15, 0.2) is 0 Å². The molecule has 0 spiro atoms. The van der Waals surface area contributed by atoms with Gasteiger partial charge in [-0.25, -0.2) is 4.79 Å². The number of imide groups is 1. The van der Waals surface area contributed by atoms with Crippen LogP contribution in [0.2, 0.25) is 5.02 Å². The number of nitrogens with one attached hydrogen (secondary N) is 2. The molecule has 146 valence electrons. The molecule has 3 heterocycles. The van der Waals surface area contributed by atoms with Crippen molar-refractivity contribution >= 4 is 40.3 Å². The van der Waals surface area contributed by atoms with E-state index in [2.05, 4.69) is 21.3 Å². The Morgan fingerprint density at radius 1 is 1.21 bits per heavy atom. The molecule has 3 aliphatic rings. The lowest BCUT2D eigenvalue weighted by Gasteiger charge is -2.31. The Hall–Kier alpha value is -2.54. The van der Waals surface area contributed by atoms with Crippen LogP contribution in [-0.4, -0.2) is 39.4 Å². The van der Waals surface area contributed by atoms with Crippen LogP contribution in [0.25, 0.3) is 10.9 Å². The molecule has 4 amide bonds. The molecule has 8 heteroatoms. The van der Waals surface area contributed by atoms with Gasteiger partial charge in [-0.15, -0.1) is 0 Å². The van der Waals surface area contributed by atoms with Gasteiger partial charge in [0, 0.05) is 41.1 Å². The van der Waals surface area contributed by atoms with Crippen LogP contribution in [0.3, 0.4) is 0 Å². The summed E-state index contributed by atoms with van der Waals surface area (Å²) in [4.78, 5) is 38.7. The van der Waals surface area contributed by atoms with E-state index < -0.39 is 11.6 Å². The van der Waals surface area contributed by atoms with Crippen LogP contribution in [0.4, 0.5) is 4.79 Å². The summed E-state index contributed by atoms with van der Waals surface area (Å²) in [6, 6.07) is 7.47. The molecule has 1 aliphatic carbocycles. The van der Waals surface area contributed by atoms with E-state index in [0.717, 1.165) is 36.0 Å². The van der Waals surface area contributed by atoms with E-state index in [1.807, 2.05) is 23.1 Å². The molecule has 1 aromatic heterocycles. The highest BCUT2D eigenvalue weighted by atomic mass is 35.5. The van der Waals surface area contributed by atoms with Crippen molar-refractivity contribution in [2.75, 3.05) is 6.54 Å². The molecule has 0 unspecified atom stereocenters. The van der Waals surface area contributed by atoms with E-state index in [0.29, 0.717) is 24.5 Å². The fourth-order valence-corrected chi connectivity index (χ4v) is 4.77. The van der Waals surface area contributed by atoms with Crippen molar-refractivity contribution in [2.24, 2.45) is 5.92 Å². The summed E-state index contributed by atoms with van der Waals surface area (Å²) in [6.07, 6.45) is 2.42. The number of fused-ring (bicyclic) bond motifs is 3. The number of nitrogens with zero attached hydrogens (tertiary/aromatic N) is 2. The van der Waals surface area contributed by atoms with Gasteiger partial charge >= 0.3 is 6.03 Å². The monoisotopic (exact) mass is 400 g/mol. The maximum Gasteiger partial charge on any atom is 0.322 e. The third-order valence-corrected chi connectivity index (χ3v) is 6.46. The van der Waals surface area contributed by atoms with Crippen molar-refractivity contribution in [3.05, 3.63) is 35.0 Å². The number of amides is 4. The molecular formula is C20H21ClN4O3. The van der Waals surface area contributed by atoms with Crippen molar-refractivity contribution in [3.63, 3.8) is 0 Å². The fourth-order valence-electron chi connectivity index (χ4n) is 4.60. The Kier molecular flexibility index (Phi) is 3.91. The first-order chi connectivity index (χ1) is 13.5. The topological polar surface area (TPSA) is 83.4 Å². The summed E-state index contributed by atoms with van der Waals surface area (Å²) in [5.41, 5.74) is 1.27. The van der Waals surface area contributed by atoms with Crippen LogP contribution in [0.5, 0.6) is 0 Å². The van der Waals surface area contributed by atoms with Crippen LogP contribution in [0, 0.1) is 5.92 Å². The second-order valence-corrected chi connectivity index (χ2v) is 8.40. The lowest BCUT2D eigenvalue weighted by atomic mass is 9.87. The third kappa shape index (κ3) is 2.76. The lowest BCUT2D eigenvalue weighted by molar-refractivity contribution is -0.133. The zero-order valence-electron chi connectivity index (χ0n) is 15.3. The highest BCUT2D eigenvalue weighted by Gasteiger charge is 2.55. The molecular weight excluding hydrogens is 380 g/mol. The van der Waals surface area contributed by atoms with E-state index in [4.69, 9.17) is 11.6 Å². The van der Waals surface area contributed by atoms with E-state index in [1.54, 1.807) is 0 Å². The minimum absolute atomic E-state index is 0.0171. The molecule has 2 aromatic rings. The smallest absolute Gasteiger partial charge is 0.322 e. The predicted octanol–water partition coefficient (Wildman–Crippen LogP) is 2.41. The number of carbonyl (C=O) groups is 3. The third-order valence-electron chi connectivity index (χ3n) is 6.23. The Morgan fingerprint density at radius 2 is 2.04 bits per heavy atom. The number of hydrogen-bond acceptors (Lipinski definition) is 3. The number of carbonyl (C=O) groups excluding carboxylic acids is 3. The quantitative estimate of drug-likeness (QED) is 0.773. The number of benzene rings is 1. The second-order valence-electron chi connectivity index (χ2n) is 7.96. The van der Waals surface area contributed by atoms with Crippen molar-refractivity contribution in [1.29, 1.82) is 0 Å². The minimum atomic E-state index is -0.909. The molecule has 2 N–H and O–H groups in total. The summed E-state index contributed by atoms with van der Waals surface area (Å²) in [6.45, 7) is 1.88. The second kappa shape index (κ2) is 6.24. The summed E-state index contributed by atoms with van der Waals surface area (Å²) >= 11 is 6.13. The first-order valence-corrected chi connectivity index (χ1v) is 10.0. The van der Waals surface area contributed by atoms with Gasteiger partial charge in [-0.05, 0) is 43.4 Å². The fraction of sp³-hybridized carbons (Fsp3) is 0.450. The lowest BCUT2D eigenvalue weighted by Crippen LogP contribution is -2.50. The van der Waals surface area contributed by atoms with Gasteiger partial charge < -0.3 is 14.8 Å². The first kappa shape index (κ1) is 17.6. The Labute approximate surface area is 167 Å². The van der Waals surface area contributed by atoms with Crippen LogP contribution in [-0.2, 0) is 22.7 Å². The van der Waals surface area contributed by atoms with Gasteiger partial charge in [-0.3, -0.25) is 14.9 Å². The molecule has 2 aliphatic heterocycles. The van der Waals surface area contributed by atoms with E-state index in [-0.39, 0.29) is 24.2 Å². The molecule has 1 saturated carbocycles. The number of halogens is 1. The molecule has 1 aromatic carbocycles. The molecule has 5 rings (SSSR count). The van der Waals surface area contributed by atoms with Crippen LogP contribution >= 0.6 is 11.6 Å². The SMILES string of the molecule is O=C1NC(=O)[C@](CCC(=O)N2CCn3c(cc4ccc(Cl)cc43)C2)(C2CC2)N1. The van der Waals surface area contributed by atoms with Crippen molar-refractivity contribution in [2.45, 2.75) is 44.3 Å². The maximum absolute atomic E-state index is 12.9. The molecule has 0 radical (unpaired) electrons. The number of rotatable bonds is 4. The molecule has 0 bridgehead atoms. The minimum Gasteiger partial charge on any atom is -0.341 e. The van der Waals surface area contributed by atoms with E-state index in [9.17, 15) is 14.4 Å². The summed E-state index contributed by atoms with van der Waals surface area (Å²) in [5.74, 6) is -0.132. The molecule has 2 fully saturated rings. The van der Waals surface area contributed by atoms with Gasteiger partial charge in [0.2, 0.25) is 5.91 Å². The number of aromatic nitrogens is 1. The normalized spacial score (nSPS) is 24.2. The molecule has 1 atom stereocenters. The summed E-state index contributed by atoms with van der Waals surface area (Å²) in [7, 11) is 0. The van der Waals surface area contributed by atoms with Crippen molar-refractivity contribution in [1.82, 2.24) is 20.1 Å². The Bertz CT molecular complexity index is 1010. The standard InChI is InChI=1S/C20H21ClN4O3/c21-14-4-1-12-9-15-11-24(7-8-25(15)16(12)10-14)17(26)5-6-20(13-2-3-13)18(27)22-19(28)23-20/h1,4,9-10,13H,2-3,5-8,11H2,(H2,22,23,27,28)/t20-/m0/s1. The van der Waals surface area contributed by atoms with Gasteiger partial charge in [0.25, 0.3) is 5.91 Å². The average Bonchev–Trinajstić information content (AvgIpc) is 3.40. The maximum atomic E-state index is 12.9. The van der Waals surface area contributed by atoms with Crippen LogP contribution in [0.1, 0.15) is 31.4 Å². The molecule has 1 saturated heterocycles. The van der Waals surface area contributed by atoms with Crippen LogP contribution in [0.15, 0.2) is 24.3 Å². The van der Waals surface area contributed by atoms with E-state index >= 15 is 0 Å². The van der Waals surface area contributed by atoms with Gasteiger partial charge in [0.05, 0.1) is 6.54 Å². The van der Waals surface area contributed by atoms with Crippen molar-refractivity contribution in [3.8, 4) is 0 Å². The first-order valence-electron chi connectivity index (χ1n) is 9.65. The molecule has 28 heavy (non-hydrogen) atoms. The highest BCUT2D eigenvalue weighted by molar-refractivity contribution is 6.31. The van der Waals surface area contributed by atoms with Crippen LogP contribution < -0.4 is 10.6 Å². The zero-order valence-corrected chi connectivity index (χ0v) is 16.1. The zero-order chi connectivity index (χ0) is 19.5. The van der Waals surface area contributed by atoms with Gasteiger partial charge in [-0.1, -0.05) is 17.7 Å². The highest BCUT2D eigenvalue weighted by Crippen LogP contribution is 2.43. The predicted molar refractivity (Wildman–Crippen MR) is 104 cm³/mol. The van der Waals surface area contributed by atoms with Gasteiger partial charge in [0.1, 0.15) is 5.54 Å². The Balaban J connectivity index is 1.30. The Morgan fingerprint density at radius 3 is 2.75 bits per heavy atom. The number of hydrogen-bond donors (Lipinski definition) is 2. The largest absolute Gasteiger partial charge is 0.341 e. The molecule has 7 nitrogen and oxygen atoms in total. The van der Waals surface area contributed by atoms with Gasteiger partial charge in [-0.2, -0.15) is 0 Å².